The Hall–Kier alpha value is 1.97. The maximum absolute atomic E-state index is 8.31. The Bertz CT molecular complexity index is 8.00. The summed E-state index contributed by atoms with van der Waals surface area (Å²) in [6.07, 6.45) is 0. The first-order valence-corrected chi connectivity index (χ1v) is 0.972. The first kappa shape index (κ1) is 16.7. The fraction of sp³-hybridized carbons (Fsp3) is 0. The molecule has 0 heterocycles. The van der Waals surface area contributed by atoms with Gasteiger partial charge < -0.3 is 0 Å². The third kappa shape index (κ3) is 9.02. The molecule has 0 spiro atoms. The Kier molecular flexibility index (Phi) is 84.4. The van der Waals surface area contributed by atoms with Crippen molar-refractivity contribution in [1.82, 2.24) is 0 Å². The van der Waals surface area contributed by atoms with Crippen LogP contribution in [-0.2, 0) is 27.2 Å². The van der Waals surface area contributed by atoms with E-state index < -0.39 is 0 Å². The summed E-state index contributed by atoms with van der Waals surface area (Å²) in [5.41, 5.74) is 0. The van der Waals surface area contributed by atoms with Crippen molar-refractivity contribution in [3.8, 4) is 0 Å². The molecule has 0 aliphatic carbocycles. The molecular formula is H5AlMgOSc. The summed E-state index contributed by atoms with van der Waals surface area (Å²) in [5.74, 6) is 0. The minimum absolute atomic E-state index is 0. The normalized spacial score (nSPS) is 1.50. The van der Waals surface area contributed by atoms with Crippen molar-refractivity contribution in [2.24, 2.45) is 0 Å². The van der Waals surface area contributed by atoms with Crippen LogP contribution in [-0.4, -0.2) is 40.4 Å². The monoisotopic (exact) mass is 117 g/mol. The molecule has 0 unspecified atom stereocenters. The van der Waals surface area contributed by atoms with E-state index in [9.17, 15) is 0 Å². The predicted molar refractivity (Wildman–Crippen MR) is 19.2 cm³/mol. The maximum atomic E-state index is 8.31. The van der Waals surface area contributed by atoms with Crippen LogP contribution in [0.2, 0.25) is 0 Å². The van der Waals surface area contributed by atoms with Crippen LogP contribution in [0.4, 0.5) is 0 Å². The van der Waals surface area contributed by atoms with Crippen molar-refractivity contribution < 1.29 is 27.2 Å². The molecule has 0 aromatic carbocycles. The van der Waals surface area contributed by atoms with E-state index in [-0.39, 0.29) is 40.4 Å². The van der Waals surface area contributed by atoms with Crippen LogP contribution < -0.4 is 0 Å². The van der Waals surface area contributed by atoms with Gasteiger partial charge in [-0.05, 0) is 0 Å². The van der Waals surface area contributed by atoms with Gasteiger partial charge in [0.25, 0.3) is 0 Å². The van der Waals surface area contributed by atoms with Crippen LogP contribution in [0.25, 0.3) is 0 Å². The van der Waals surface area contributed by atoms with E-state index >= 15 is 0 Å². The first-order valence-electron chi connectivity index (χ1n) is 0.236. The first-order chi connectivity index (χ1) is 1.00. The molecule has 0 N–H and O–H groups in total. The van der Waals surface area contributed by atoms with Crippen LogP contribution in [0, 0.1) is 0 Å². The summed E-state index contributed by atoms with van der Waals surface area (Å²) in [5, 5.41) is 0. The summed E-state index contributed by atoms with van der Waals surface area (Å²) >= 11 is 0.438. The zero-order chi connectivity index (χ0) is 2.00. The molecule has 0 fully saturated rings. The van der Waals surface area contributed by atoms with Gasteiger partial charge in [-0.25, -0.2) is 0 Å². The Labute approximate surface area is 66.8 Å². The zero-order valence-corrected chi connectivity index (χ0v) is 2.79. The van der Waals surface area contributed by atoms with Crippen LogP contribution in [0.15, 0.2) is 0 Å². The van der Waals surface area contributed by atoms with Gasteiger partial charge in [0.15, 0.2) is 17.4 Å². The van der Waals surface area contributed by atoms with Crippen molar-refractivity contribution in [1.29, 1.82) is 0 Å². The Balaban J connectivity index is -0.00000000500. The molecule has 0 radical (unpaired) electrons. The van der Waals surface area contributed by atoms with Gasteiger partial charge in [-0.15, -0.1) is 0 Å². The Morgan fingerprint density at radius 2 is 1.25 bits per heavy atom. The van der Waals surface area contributed by atoms with E-state index in [1.807, 2.05) is 0 Å². The zero-order valence-electron chi connectivity index (χ0n) is 0.986. The molecule has 0 aromatic rings. The Morgan fingerprint density at radius 3 is 1.25 bits per heavy atom. The average Bonchev–Trinajstić information content (AvgIpc) is 1.00. The van der Waals surface area contributed by atoms with Crippen LogP contribution in [0.5, 0.6) is 0 Å². The van der Waals surface area contributed by atoms with Gasteiger partial charge >= 0.3 is 50.3 Å². The molecule has 19 valence electrons. The standard InChI is InChI=1S/Al.Mg.O.Sc.5H. The van der Waals surface area contributed by atoms with E-state index in [1.165, 1.54) is 0 Å². The minimum atomic E-state index is 0. The van der Waals surface area contributed by atoms with E-state index in [0.717, 1.165) is 0 Å². The second-order valence-electron chi connectivity index (χ2n) is 0. The fourth-order valence-electron chi connectivity index (χ4n) is 0. The van der Waals surface area contributed by atoms with Crippen molar-refractivity contribution >= 4 is 40.4 Å². The molecular weight excluding hydrogens is 112 g/mol. The van der Waals surface area contributed by atoms with Gasteiger partial charge in [0, 0.05) is 0 Å². The second kappa shape index (κ2) is 20.2. The molecule has 0 rings (SSSR count). The van der Waals surface area contributed by atoms with Gasteiger partial charge in [-0.3, -0.25) is 0 Å². The van der Waals surface area contributed by atoms with Crippen LogP contribution in [0.3, 0.4) is 0 Å². The van der Waals surface area contributed by atoms with Gasteiger partial charge in [-0.2, -0.15) is 0 Å². The third-order valence-electron chi connectivity index (χ3n) is 0. The summed E-state index contributed by atoms with van der Waals surface area (Å²) in [6, 6.07) is 0. The molecule has 4 heavy (non-hydrogen) atoms. The molecule has 0 aliphatic heterocycles. The molecule has 0 atom stereocenters. The quantitative estimate of drug-likeness (QED) is 0.329. The topological polar surface area (TPSA) is 17.1 Å². The van der Waals surface area contributed by atoms with Gasteiger partial charge in [0.1, 0.15) is 0 Å². The SMILES string of the molecule is [AlH3].[MgH2].[O]=[Sc]. The molecule has 1 nitrogen and oxygen atoms in total. The van der Waals surface area contributed by atoms with E-state index in [0.29, 0.717) is 24.4 Å². The summed E-state index contributed by atoms with van der Waals surface area (Å²) < 4.78 is 8.31. The summed E-state index contributed by atoms with van der Waals surface area (Å²) in [7, 11) is 0. The molecule has 0 saturated carbocycles. The molecule has 0 amide bonds. The van der Waals surface area contributed by atoms with Crippen molar-refractivity contribution in [3.63, 3.8) is 0 Å². The molecule has 0 aromatic heterocycles. The van der Waals surface area contributed by atoms with E-state index in [4.69, 9.17) is 2.85 Å². The van der Waals surface area contributed by atoms with Crippen molar-refractivity contribution in [3.05, 3.63) is 0 Å². The molecule has 0 bridgehead atoms. The van der Waals surface area contributed by atoms with Gasteiger partial charge in [-0.1, -0.05) is 0 Å². The van der Waals surface area contributed by atoms with Crippen molar-refractivity contribution in [2.75, 3.05) is 0 Å². The predicted octanol–water partition coefficient (Wildman–Crippen LogP) is -2.22. The third-order valence-corrected chi connectivity index (χ3v) is 0. The van der Waals surface area contributed by atoms with Crippen molar-refractivity contribution in [2.45, 2.75) is 0 Å². The van der Waals surface area contributed by atoms with Crippen LogP contribution >= 0.6 is 0 Å². The van der Waals surface area contributed by atoms with Gasteiger partial charge in [0.2, 0.25) is 0 Å². The average molecular weight is 117 g/mol. The summed E-state index contributed by atoms with van der Waals surface area (Å²) in [6.45, 7) is 0. The van der Waals surface area contributed by atoms with Gasteiger partial charge in [0.05, 0.1) is 0 Å². The fourth-order valence-corrected chi connectivity index (χ4v) is 0. The number of hydrogen-bond acceptors (Lipinski definition) is 1. The number of hydrogen-bond donors (Lipinski definition) is 0. The van der Waals surface area contributed by atoms with E-state index in [1.54, 1.807) is 0 Å². The molecule has 0 saturated heterocycles. The second-order valence-corrected chi connectivity index (χ2v) is 0. The van der Waals surface area contributed by atoms with Crippen LogP contribution in [0.1, 0.15) is 0 Å². The molecule has 4 heteroatoms. The number of rotatable bonds is 0. The van der Waals surface area contributed by atoms with E-state index in [2.05, 4.69) is 0 Å². The summed E-state index contributed by atoms with van der Waals surface area (Å²) in [4.78, 5) is 0. The molecule has 0 aliphatic rings. The Morgan fingerprint density at radius 1 is 1.25 bits per heavy atom.